The Morgan fingerprint density at radius 2 is 2.00 bits per heavy atom. The van der Waals surface area contributed by atoms with Crippen LogP contribution >= 0.6 is 0 Å². The Bertz CT molecular complexity index is 334. The monoisotopic (exact) mass is 184 g/mol. The van der Waals surface area contributed by atoms with Crippen molar-refractivity contribution in [3.63, 3.8) is 0 Å². The molecule has 0 saturated carbocycles. The van der Waals surface area contributed by atoms with Gasteiger partial charge in [0.05, 0.1) is 0 Å². The molecule has 0 nitrogen and oxygen atoms in total. The first kappa shape index (κ1) is 9.51. The molecule has 2 rings (SSSR count). The van der Waals surface area contributed by atoms with Crippen molar-refractivity contribution in [3.8, 4) is 0 Å². The molecule has 0 aromatic heterocycles. The van der Waals surface area contributed by atoms with E-state index in [-0.39, 0.29) is 0 Å². The summed E-state index contributed by atoms with van der Waals surface area (Å²) in [6, 6.07) is 8.47. The predicted octanol–water partition coefficient (Wildman–Crippen LogP) is 4.09. The van der Waals surface area contributed by atoms with Gasteiger partial charge in [-0.2, -0.15) is 0 Å². The largest absolute Gasteiger partial charge is 0.0654 e. The Kier molecular flexibility index (Phi) is 3.03. The van der Waals surface area contributed by atoms with E-state index >= 15 is 0 Å². The molecule has 0 atom stereocenters. The highest BCUT2D eigenvalue weighted by atomic mass is 14.2. The number of fused-ring (bicyclic) bond motifs is 1. The van der Waals surface area contributed by atoms with E-state index in [1.165, 1.54) is 42.4 Å². The van der Waals surface area contributed by atoms with Crippen molar-refractivity contribution in [1.29, 1.82) is 0 Å². The van der Waals surface area contributed by atoms with Crippen LogP contribution in [-0.4, -0.2) is 0 Å². The van der Waals surface area contributed by atoms with Gasteiger partial charge in [0.1, 0.15) is 0 Å². The van der Waals surface area contributed by atoms with E-state index in [2.05, 4.69) is 43.7 Å². The summed E-state index contributed by atoms with van der Waals surface area (Å²) in [6.45, 7) is 2.24. The smallest absolute Gasteiger partial charge is 0.0464 e. The van der Waals surface area contributed by atoms with Crippen LogP contribution in [0.2, 0.25) is 0 Å². The molecule has 0 bridgehead atoms. The molecule has 0 unspecified atom stereocenters. The van der Waals surface area contributed by atoms with Gasteiger partial charge >= 0.3 is 0 Å². The van der Waals surface area contributed by atoms with Crippen LogP contribution in [-0.2, 0) is 0 Å². The second-order valence-electron chi connectivity index (χ2n) is 3.84. The lowest BCUT2D eigenvalue weighted by molar-refractivity contribution is 0.719. The van der Waals surface area contributed by atoms with Gasteiger partial charge in [0.2, 0.25) is 0 Å². The zero-order chi connectivity index (χ0) is 9.80. The van der Waals surface area contributed by atoms with Gasteiger partial charge in [-0.15, -0.1) is 0 Å². The van der Waals surface area contributed by atoms with Crippen LogP contribution in [0.1, 0.15) is 43.7 Å². The van der Waals surface area contributed by atoms with Crippen LogP contribution in [0.15, 0.2) is 29.8 Å². The predicted molar refractivity (Wildman–Crippen MR) is 60.9 cm³/mol. The standard InChI is InChI=1S/C14H16/c1-2-3-4-7-12-10-13-8-5-6-9-14(13)11-12/h5-6,8-10H,2-4,7H2,1H3. The lowest BCUT2D eigenvalue weighted by Gasteiger charge is -1.99. The molecule has 0 heterocycles. The lowest BCUT2D eigenvalue weighted by atomic mass is 10.1. The summed E-state index contributed by atoms with van der Waals surface area (Å²) in [5.74, 6) is 0. The molecule has 1 aromatic carbocycles. The number of allylic oxidation sites excluding steroid dienone is 1. The number of benzene rings is 1. The quantitative estimate of drug-likeness (QED) is 0.618. The van der Waals surface area contributed by atoms with Crippen LogP contribution in [0.3, 0.4) is 0 Å². The van der Waals surface area contributed by atoms with Gasteiger partial charge in [-0.3, -0.25) is 0 Å². The van der Waals surface area contributed by atoms with Crippen molar-refractivity contribution in [3.05, 3.63) is 47.4 Å². The number of hydrogen-bond donors (Lipinski definition) is 0. The number of rotatable bonds is 4. The molecule has 14 heavy (non-hydrogen) atoms. The molecular weight excluding hydrogens is 168 g/mol. The average molecular weight is 184 g/mol. The molecule has 72 valence electrons. The SMILES string of the molecule is CCCCCC1=Cc2ccccc2[C]1. The van der Waals surface area contributed by atoms with Gasteiger partial charge in [-0.1, -0.05) is 55.7 Å². The molecule has 0 saturated heterocycles. The van der Waals surface area contributed by atoms with E-state index in [4.69, 9.17) is 0 Å². The molecule has 1 aromatic rings. The molecule has 0 heteroatoms. The first-order valence-electron chi connectivity index (χ1n) is 5.47. The Balaban J connectivity index is 1.95. The fraction of sp³-hybridized carbons (Fsp3) is 0.357. The van der Waals surface area contributed by atoms with E-state index in [0.29, 0.717) is 0 Å². The lowest BCUT2D eigenvalue weighted by Crippen LogP contribution is -1.82. The maximum absolute atomic E-state index is 3.45. The highest BCUT2D eigenvalue weighted by Crippen LogP contribution is 2.29. The van der Waals surface area contributed by atoms with Gasteiger partial charge in [0.25, 0.3) is 0 Å². The summed E-state index contributed by atoms with van der Waals surface area (Å²) in [4.78, 5) is 0. The van der Waals surface area contributed by atoms with Crippen LogP contribution < -0.4 is 0 Å². The number of unbranched alkanes of at least 4 members (excludes halogenated alkanes) is 2. The van der Waals surface area contributed by atoms with Crippen LogP contribution in [0.25, 0.3) is 6.08 Å². The highest BCUT2D eigenvalue weighted by Gasteiger charge is 2.11. The molecule has 2 radical (unpaired) electrons. The Morgan fingerprint density at radius 3 is 2.79 bits per heavy atom. The average Bonchev–Trinajstić information content (AvgIpc) is 2.60. The van der Waals surface area contributed by atoms with Gasteiger partial charge in [0.15, 0.2) is 0 Å². The minimum atomic E-state index is 1.18. The van der Waals surface area contributed by atoms with Crippen LogP contribution in [0.4, 0.5) is 0 Å². The maximum Gasteiger partial charge on any atom is 0.0464 e. The van der Waals surface area contributed by atoms with Gasteiger partial charge in [-0.05, 0) is 24.0 Å². The van der Waals surface area contributed by atoms with Crippen molar-refractivity contribution in [2.45, 2.75) is 32.6 Å². The normalized spacial score (nSPS) is 13.9. The van der Waals surface area contributed by atoms with Crippen molar-refractivity contribution >= 4 is 6.08 Å². The minimum absolute atomic E-state index is 1.18. The molecule has 0 N–H and O–H groups in total. The third-order valence-corrected chi connectivity index (χ3v) is 2.64. The summed E-state index contributed by atoms with van der Waals surface area (Å²) in [6.07, 6.45) is 10.8. The molecule has 1 aliphatic rings. The van der Waals surface area contributed by atoms with Crippen molar-refractivity contribution < 1.29 is 0 Å². The van der Waals surface area contributed by atoms with Gasteiger partial charge in [0, 0.05) is 6.42 Å². The first-order valence-corrected chi connectivity index (χ1v) is 5.47. The Labute approximate surface area is 86.7 Å². The van der Waals surface area contributed by atoms with E-state index in [1.807, 2.05) is 0 Å². The third-order valence-electron chi connectivity index (χ3n) is 2.64. The zero-order valence-electron chi connectivity index (χ0n) is 8.72. The molecule has 0 aliphatic heterocycles. The molecule has 0 amide bonds. The van der Waals surface area contributed by atoms with Crippen LogP contribution in [0.5, 0.6) is 0 Å². The number of hydrogen-bond acceptors (Lipinski definition) is 0. The fourth-order valence-electron chi connectivity index (χ4n) is 1.83. The van der Waals surface area contributed by atoms with Gasteiger partial charge < -0.3 is 0 Å². The summed E-state index contributed by atoms with van der Waals surface area (Å²) < 4.78 is 0. The minimum Gasteiger partial charge on any atom is -0.0654 e. The summed E-state index contributed by atoms with van der Waals surface area (Å²) in [5, 5.41) is 0. The topological polar surface area (TPSA) is 0 Å². The maximum atomic E-state index is 3.45. The van der Waals surface area contributed by atoms with E-state index in [0.717, 1.165) is 0 Å². The second kappa shape index (κ2) is 4.45. The summed E-state index contributed by atoms with van der Waals surface area (Å²) >= 11 is 0. The third kappa shape index (κ3) is 2.06. The van der Waals surface area contributed by atoms with Crippen molar-refractivity contribution in [1.82, 2.24) is 0 Å². The van der Waals surface area contributed by atoms with Crippen molar-refractivity contribution in [2.75, 3.05) is 0 Å². The molecule has 0 fully saturated rings. The van der Waals surface area contributed by atoms with E-state index in [9.17, 15) is 0 Å². The Morgan fingerprint density at radius 1 is 1.14 bits per heavy atom. The zero-order valence-corrected chi connectivity index (χ0v) is 8.72. The molecule has 0 spiro atoms. The Hall–Kier alpha value is -1.04. The molecular formula is C14H16. The summed E-state index contributed by atoms with van der Waals surface area (Å²) in [5.41, 5.74) is 3.97. The highest BCUT2D eigenvalue weighted by molar-refractivity contribution is 5.68. The van der Waals surface area contributed by atoms with Gasteiger partial charge in [-0.25, -0.2) is 0 Å². The first-order chi connectivity index (χ1) is 6.90. The van der Waals surface area contributed by atoms with Crippen LogP contribution in [0, 0.1) is 6.42 Å². The summed E-state index contributed by atoms with van der Waals surface area (Å²) in [7, 11) is 0. The van der Waals surface area contributed by atoms with E-state index in [1.54, 1.807) is 0 Å². The fourth-order valence-corrected chi connectivity index (χ4v) is 1.83. The van der Waals surface area contributed by atoms with E-state index < -0.39 is 0 Å². The van der Waals surface area contributed by atoms with Crippen molar-refractivity contribution in [2.24, 2.45) is 0 Å². The second-order valence-corrected chi connectivity index (χ2v) is 3.84. The molecule has 1 aliphatic carbocycles.